The molecule has 1 aromatic carbocycles. The van der Waals surface area contributed by atoms with E-state index in [1.807, 2.05) is 46.9 Å². The van der Waals surface area contributed by atoms with Crippen LogP contribution in [0.3, 0.4) is 0 Å². The molecule has 1 N–H and O–H groups in total. The Labute approximate surface area is 83.5 Å². The molecule has 2 aromatic rings. The molecule has 3 heteroatoms. The maximum Gasteiger partial charge on any atom is 0.116 e. The Bertz CT molecular complexity index is 462. The Morgan fingerprint density at radius 3 is 3.00 bits per heavy atom. The lowest BCUT2D eigenvalue weighted by atomic mass is 10.2. The molecule has 0 unspecified atom stereocenters. The number of hydrogen-bond acceptors (Lipinski definition) is 1. The van der Waals surface area contributed by atoms with Gasteiger partial charge in [-0.25, -0.2) is 0 Å². The topological polar surface area (TPSA) is 28.7 Å². The lowest BCUT2D eigenvalue weighted by molar-refractivity contribution is 1.10. The molecular weight excluding hydrogens is 263 g/mol. The quantitative estimate of drug-likeness (QED) is 0.576. The van der Waals surface area contributed by atoms with Crippen LogP contribution < -0.4 is 0 Å². The van der Waals surface area contributed by atoms with Crippen LogP contribution in [0.5, 0.6) is 0 Å². The van der Waals surface area contributed by atoms with Gasteiger partial charge in [0.05, 0.1) is 5.52 Å². The van der Waals surface area contributed by atoms with Crippen LogP contribution in [-0.2, 0) is 0 Å². The van der Waals surface area contributed by atoms with E-state index >= 15 is 0 Å². The number of nitrogens with zero attached hydrogens (tertiary/aromatic N) is 1. The van der Waals surface area contributed by atoms with Gasteiger partial charge < -0.3 is 0 Å². The van der Waals surface area contributed by atoms with Crippen molar-refractivity contribution >= 4 is 33.5 Å². The first kappa shape index (κ1) is 7.62. The summed E-state index contributed by atoms with van der Waals surface area (Å²) in [4.78, 5) is 0. The lowest BCUT2D eigenvalue weighted by Crippen LogP contribution is -1.71. The van der Waals surface area contributed by atoms with Crippen molar-refractivity contribution < 1.29 is 0 Å². The highest BCUT2D eigenvalue weighted by molar-refractivity contribution is 14.1. The summed E-state index contributed by atoms with van der Waals surface area (Å²) in [5.41, 5.74) is 1.85. The Morgan fingerprint density at radius 2 is 2.17 bits per heavy atom. The largest absolute Gasteiger partial charge is 0.269 e. The molecule has 1 aromatic heterocycles. The van der Waals surface area contributed by atoms with E-state index in [9.17, 15) is 0 Å². The molecule has 0 aliphatic heterocycles. The highest BCUT2D eigenvalue weighted by Crippen LogP contribution is 2.13. The SMILES string of the molecule is IC#Cc1[nH]nc2ccccc12. The smallest absolute Gasteiger partial charge is 0.116 e. The van der Waals surface area contributed by atoms with Crippen molar-refractivity contribution in [3.05, 3.63) is 30.0 Å². The number of aromatic nitrogens is 2. The molecule has 0 fully saturated rings. The van der Waals surface area contributed by atoms with Gasteiger partial charge in [-0.1, -0.05) is 12.1 Å². The average Bonchev–Trinajstić information content (AvgIpc) is 2.50. The first-order valence-electron chi connectivity index (χ1n) is 3.46. The molecule has 2 rings (SSSR count). The van der Waals surface area contributed by atoms with Crippen LogP contribution >= 0.6 is 22.6 Å². The van der Waals surface area contributed by atoms with Crippen LogP contribution in [0.25, 0.3) is 10.9 Å². The molecule has 0 bridgehead atoms. The zero-order chi connectivity index (χ0) is 8.39. The third kappa shape index (κ3) is 1.18. The minimum absolute atomic E-state index is 0.889. The van der Waals surface area contributed by atoms with E-state index in [0.717, 1.165) is 16.6 Å². The minimum atomic E-state index is 0.889. The van der Waals surface area contributed by atoms with Crippen LogP contribution in [-0.4, -0.2) is 10.2 Å². The molecule has 1 heterocycles. The van der Waals surface area contributed by atoms with Gasteiger partial charge in [0, 0.05) is 28.0 Å². The molecule has 12 heavy (non-hydrogen) atoms. The Hall–Kier alpha value is -1.02. The molecule has 58 valence electrons. The number of hydrogen-bond donors (Lipinski definition) is 1. The van der Waals surface area contributed by atoms with Crippen LogP contribution in [0, 0.1) is 9.85 Å². The third-order valence-corrected chi connectivity index (χ3v) is 1.90. The van der Waals surface area contributed by atoms with Gasteiger partial charge in [-0.15, -0.1) is 0 Å². The molecule has 0 atom stereocenters. The number of rotatable bonds is 0. The fraction of sp³-hybridized carbons (Fsp3) is 0. The van der Waals surface area contributed by atoms with Gasteiger partial charge in [0.1, 0.15) is 5.69 Å². The van der Waals surface area contributed by atoms with E-state index in [4.69, 9.17) is 0 Å². The summed E-state index contributed by atoms with van der Waals surface area (Å²) in [6.07, 6.45) is 0. The number of nitrogens with one attached hydrogen (secondary N) is 1. The molecule has 0 saturated carbocycles. The van der Waals surface area contributed by atoms with Crippen molar-refractivity contribution in [3.63, 3.8) is 0 Å². The van der Waals surface area contributed by atoms with E-state index in [-0.39, 0.29) is 0 Å². The first-order chi connectivity index (χ1) is 5.92. The van der Waals surface area contributed by atoms with E-state index in [2.05, 4.69) is 20.0 Å². The van der Waals surface area contributed by atoms with Crippen molar-refractivity contribution in [2.45, 2.75) is 0 Å². The average molecular weight is 268 g/mol. The second-order valence-corrected chi connectivity index (χ2v) is 2.87. The van der Waals surface area contributed by atoms with E-state index < -0.39 is 0 Å². The molecule has 0 saturated heterocycles. The van der Waals surface area contributed by atoms with E-state index in [1.54, 1.807) is 0 Å². The van der Waals surface area contributed by atoms with Crippen molar-refractivity contribution in [1.29, 1.82) is 0 Å². The Balaban J connectivity index is 2.76. The normalized spacial score (nSPS) is 9.42. The standard InChI is InChI=1S/C9H5IN2/c10-6-5-9-7-3-1-2-4-8(7)11-12-9/h1-4H,(H,11,12). The highest BCUT2D eigenvalue weighted by atomic mass is 127. The van der Waals surface area contributed by atoms with E-state index in [0.29, 0.717) is 0 Å². The zero-order valence-electron chi connectivity index (χ0n) is 6.13. The second-order valence-electron chi connectivity index (χ2n) is 2.34. The maximum atomic E-state index is 4.11. The van der Waals surface area contributed by atoms with Crippen LogP contribution in [0.15, 0.2) is 24.3 Å². The Kier molecular flexibility index (Phi) is 2.00. The van der Waals surface area contributed by atoms with Crippen molar-refractivity contribution in [2.75, 3.05) is 0 Å². The van der Waals surface area contributed by atoms with Gasteiger partial charge in [0.25, 0.3) is 0 Å². The summed E-state index contributed by atoms with van der Waals surface area (Å²) >= 11 is 2.01. The van der Waals surface area contributed by atoms with E-state index in [1.165, 1.54) is 0 Å². The summed E-state index contributed by atoms with van der Waals surface area (Å²) < 4.78 is 2.81. The predicted molar refractivity (Wildman–Crippen MR) is 57.0 cm³/mol. The first-order valence-corrected chi connectivity index (χ1v) is 4.54. The summed E-state index contributed by atoms with van der Waals surface area (Å²) in [5, 5.41) is 8.08. The number of benzene rings is 1. The van der Waals surface area contributed by atoms with Crippen molar-refractivity contribution in [1.82, 2.24) is 10.2 Å². The molecule has 0 spiro atoms. The zero-order valence-corrected chi connectivity index (χ0v) is 8.29. The van der Waals surface area contributed by atoms with Gasteiger partial charge in [-0.2, -0.15) is 5.10 Å². The third-order valence-electron chi connectivity index (χ3n) is 1.63. The minimum Gasteiger partial charge on any atom is -0.269 e. The number of halogens is 1. The maximum absolute atomic E-state index is 4.11. The number of para-hydroxylation sites is 1. The van der Waals surface area contributed by atoms with Gasteiger partial charge >= 0.3 is 0 Å². The number of aromatic amines is 1. The molecule has 0 amide bonds. The highest BCUT2D eigenvalue weighted by Gasteiger charge is 1.99. The summed E-state index contributed by atoms with van der Waals surface area (Å²) in [6, 6.07) is 7.92. The fourth-order valence-corrected chi connectivity index (χ4v) is 1.37. The predicted octanol–water partition coefficient (Wildman–Crippen LogP) is 2.31. The fourth-order valence-electron chi connectivity index (χ4n) is 1.10. The number of H-pyrrole nitrogens is 1. The summed E-state index contributed by atoms with van der Waals surface area (Å²) in [7, 11) is 0. The van der Waals surface area contributed by atoms with Gasteiger partial charge in [0.2, 0.25) is 0 Å². The van der Waals surface area contributed by atoms with Crippen LogP contribution in [0.4, 0.5) is 0 Å². The summed E-state index contributed by atoms with van der Waals surface area (Å²) in [5.74, 6) is 2.95. The molecule has 0 radical (unpaired) electrons. The van der Waals surface area contributed by atoms with Gasteiger partial charge in [0.15, 0.2) is 0 Å². The molecule has 2 nitrogen and oxygen atoms in total. The van der Waals surface area contributed by atoms with Gasteiger partial charge in [-0.05, 0) is 22.0 Å². The van der Waals surface area contributed by atoms with Crippen molar-refractivity contribution in [3.8, 4) is 9.85 Å². The Morgan fingerprint density at radius 1 is 1.33 bits per heavy atom. The number of fused-ring (bicyclic) bond motifs is 1. The summed E-state index contributed by atoms with van der Waals surface area (Å²) in [6.45, 7) is 0. The van der Waals surface area contributed by atoms with Crippen LogP contribution in [0.1, 0.15) is 5.69 Å². The molecular formula is C9H5IN2. The van der Waals surface area contributed by atoms with Gasteiger partial charge in [-0.3, -0.25) is 5.10 Å². The van der Waals surface area contributed by atoms with Crippen molar-refractivity contribution in [2.24, 2.45) is 0 Å². The molecule has 0 aliphatic carbocycles. The molecule has 0 aliphatic rings. The van der Waals surface area contributed by atoms with Crippen LogP contribution in [0.2, 0.25) is 0 Å². The monoisotopic (exact) mass is 268 g/mol. The second kappa shape index (κ2) is 3.15. The lowest BCUT2D eigenvalue weighted by Gasteiger charge is -1.84.